The van der Waals surface area contributed by atoms with Crippen molar-refractivity contribution in [2.24, 2.45) is 0 Å². The number of carbonyl (C=O) groups excluding carboxylic acids is 1. The van der Waals surface area contributed by atoms with Gasteiger partial charge in [0.25, 0.3) is 0 Å². The van der Waals surface area contributed by atoms with Gasteiger partial charge in [-0.1, -0.05) is 30.3 Å². The third-order valence-corrected chi connectivity index (χ3v) is 5.18. The molecule has 8 heteroatoms. The van der Waals surface area contributed by atoms with E-state index in [9.17, 15) is 14.9 Å². The minimum Gasteiger partial charge on any atom is -0.337 e. The van der Waals surface area contributed by atoms with Crippen LogP contribution in [0.25, 0.3) is 0 Å². The zero-order valence-electron chi connectivity index (χ0n) is 13.7. The van der Waals surface area contributed by atoms with Crippen molar-refractivity contribution < 1.29 is 9.72 Å². The molecule has 0 radical (unpaired) electrons. The van der Waals surface area contributed by atoms with Gasteiger partial charge in [-0.05, 0) is 12.0 Å². The van der Waals surface area contributed by atoms with Crippen molar-refractivity contribution in [1.29, 1.82) is 0 Å². The van der Waals surface area contributed by atoms with E-state index in [1.165, 1.54) is 22.6 Å². The summed E-state index contributed by atoms with van der Waals surface area (Å²) in [4.78, 5) is 26.7. The van der Waals surface area contributed by atoms with Crippen LogP contribution in [0.3, 0.4) is 0 Å². The van der Waals surface area contributed by atoms with Gasteiger partial charge >= 0.3 is 5.69 Å². The second-order valence-corrected chi connectivity index (χ2v) is 6.78. The number of hydrogen-bond acceptors (Lipinski definition) is 5. The first kappa shape index (κ1) is 15.8. The molecule has 0 bridgehead atoms. The summed E-state index contributed by atoms with van der Waals surface area (Å²) in [5.41, 5.74) is 1.30. The molecular formula is C17H19N5O3. The van der Waals surface area contributed by atoms with Crippen molar-refractivity contribution in [3.63, 3.8) is 0 Å². The van der Waals surface area contributed by atoms with E-state index in [0.717, 1.165) is 32.6 Å². The molecule has 0 saturated carbocycles. The van der Waals surface area contributed by atoms with E-state index in [-0.39, 0.29) is 23.7 Å². The molecule has 0 atom stereocenters. The highest BCUT2D eigenvalue weighted by Crippen LogP contribution is 2.40. The Hall–Kier alpha value is -2.74. The predicted octanol–water partition coefficient (Wildman–Crippen LogP) is 1.28. The number of nitro groups is 1. The molecule has 2 fully saturated rings. The van der Waals surface area contributed by atoms with Crippen molar-refractivity contribution >= 4 is 11.6 Å². The van der Waals surface area contributed by atoms with Gasteiger partial charge in [-0.2, -0.15) is 5.10 Å². The SMILES string of the molecule is O=C(Cn1cc([N+](=O)[O-])cn1)N1CC2(CCN2Cc2ccccc2)C1. The fourth-order valence-electron chi connectivity index (χ4n) is 3.61. The number of nitrogens with zero attached hydrogens (tertiary/aromatic N) is 5. The fourth-order valence-corrected chi connectivity index (χ4v) is 3.61. The van der Waals surface area contributed by atoms with Gasteiger partial charge in [0.2, 0.25) is 5.91 Å². The number of amides is 1. The molecule has 8 nitrogen and oxygen atoms in total. The summed E-state index contributed by atoms with van der Waals surface area (Å²) in [6.45, 7) is 3.46. The maximum absolute atomic E-state index is 12.3. The number of carbonyl (C=O) groups is 1. The number of benzene rings is 1. The van der Waals surface area contributed by atoms with E-state index < -0.39 is 4.92 Å². The topological polar surface area (TPSA) is 84.5 Å². The lowest BCUT2D eigenvalue weighted by Gasteiger charge is -2.62. The monoisotopic (exact) mass is 341 g/mol. The zero-order chi connectivity index (χ0) is 17.4. The quantitative estimate of drug-likeness (QED) is 0.604. The van der Waals surface area contributed by atoms with E-state index in [1.807, 2.05) is 23.1 Å². The molecule has 1 spiro atoms. The van der Waals surface area contributed by atoms with Crippen molar-refractivity contribution in [3.05, 3.63) is 58.4 Å². The van der Waals surface area contributed by atoms with Crippen molar-refractivity contribution in [2.75, 3.05) is 19.6 Å². The lowest BCUT2D eigenvalue weighted by Crippen LogP contribution is -2.77. The molecule has 1 aromatic carbocycles. The van der Waals surface area contributed by atoms with Gasteiger partial charge in [-0.3, -0.25) is 24.5 Å². The van der Waals surface area contributed by atoms with Crippen LogP contribution in [0.4, 0.5) is 5.69 Å². The van der Waals surface area contributed by atoms with E-state index in [0.29, 0.717) is 0 Å². The van der Waals surface area contributed by atoms with Gasteiger partial charge in [-0.15, -0.1) is 0 Å². The molecule has 0 N–H and O–H groups in total. The lowest BCUT2D eigenvalue weighted by atomic mass is 9.77. The summed E-state index contributed by atoms with van der Waals surface area (Å²) in [6, 6.07) is 10.3. The molecule has 2 saturated heterocycles. The molecule has 2 aromatic rings. The van der Waals surface area contributed by atoms with Gasteiger partial charge in [-0.25, -0.2) is 0 Å². The van der Waals surface area contributed by atoms with Crippen LogP contribution in [0.2, 0.25) is 0 Å². The molecule has 0 aliphatic carbocycles. The van der Waals surface area contributed by atoms with Crippen molar-refractivity contribution in [3.8, 4) is 0 Å². The van der Waals surface area contributed by atoms with Gasteiger partial charge in [0.05, 0.1) is 10.5 Å². The average Bonchev–Trinajstić information content (AvgIpc) is 3.00. The Labute approximate surface area is 144 Å². The molecule has 1 amide bonds. The Bertz CT molecular complexity index is 798. The van der Waals surface area contributed by atoms with Crippen LogP contribution >= 0.6 is 0 Å². The second-order valence-electron chi connectivity index (χ2n) is 6.78. The summed E-state index contributed by atoms with van der Waals surface area (Å²) in [6.07, 6.45) is 3.56. The average molecular weight is 341 g/mol. The number of rotatable bonds is 5. The number of likely N-dealkylation sites (tertiary alicyclic amines) is 2. The summed E-state index contributed by atoms with van der Waals surface area (Å²) in [7, 11) is 0. The van der Waals surface area contributed by atoms with Crippen LogP contribution < -0.4 is 0 Å². The van der Waals surface area contributed by atoms with Gasteiger partial charge in [0.15, 0.2) is 0 Å². The Morgan fingerprint density at radius 1 is 1.28 bits per heavy atom. The van der Waals surface area contributed by atoms with Crippen molar-refractivity contribution in [1.82, 2.24) is 19.6 Å². The minimum absolute atomic E-state index is 0.0443. The van der Waals surface area contributed by atoms with Crippen LogP contribution in [-0.2, 0) is 17.9 Å². The summed E-state index contributed by atoms with van der Waals surface area (Å²) >= 11 is 0. The highest BCUT2D eigenvalue weighted by atomic mass is 16.6. The van der Waals surface area contributed by atoms with Crippen LogP contribution in [0, 0.1) is 10.1 Å². The highest BCUT2D eigenvalue weighted by molar-refractivity contribution is 5.77. The highest BCUT2D eigenvalue weighted by Gasteiger charge is 2.54. The van der Waals surface area contributed by atoms with Gasteiger partial charge in [0.1, 0.15) is 18.9 Å². The maximum atomic E-state index is 12.3. The third-order valence-electron chi connectivity index (χ3n) is 5.18. The first-order valence-corrected chi connectivity index (χ1v) is 8.29. The molecule has 4 rings (SSSR count). The third kappa shape index (κ3) is 2.89. The molecule has 130 valence electrons. The van der Waals surface area contributed by atoms with Crippen LogP contribution in [0.5, 0.6) is 0 Å². The van der Waals surface area contributed by atoms with Gasteiger partial charge in [0, 0.05) is 26.2 Å². The van der Waals surface area contributed by atoms with E-state index in [1.54, 1.807) is 0 Å². The molecule has 2 aliphatic heterocycles. The predicted molar refractivity (Wildman–Crippen MR) is 89.7 cm³/mol. The first-order chi connectivity index (χ1) is 12.1. The van der Waals surface area contributed by atoms with Gasteiger partial charge < -0.3 is 4.90 Å². The number of hydrogen-bond donors (Lipinski definition) is 0. The Kier molecular flexibility index (Phi) is 3.76. The molecular weight excluding hydrogens is 322 g/mol. The zero-order valence-corrected chi connectivity index (χ0v) is 13.7. The maximum Gasteiger partial charge on any atom is 0.307 e. The first-order valence-electron chi connectivity index (χ1n) is 8.29. The molecule has 0 unspecified atom stereocenters. The van der Waals surface area contributed by atoms with E-state index in [2.05, 4.69) is 22.1 Å². The summed E-state index contributed by atoms with van der Waals surface area (Å²) in [5, 5.41) is 14.5. The molecule has 3 heterocycles. The van der Waals surface area contributed by atoms with E-state index >= 15 is 0 Å². The standard InChI is InChI=1S/C17H19N5O3/c23-16(11-21-10-15(8-18-21)22(24)25)19-12-17(13-19)6-7-20(17)9-14-4-2-1-3-5-14/h1-5,8,10H,6-7,9,11-13H2. The fraction of sp³-hybridized carbons (Fsp3) is 0.412. The van der Waals surface area contributed by atoms with E-state index in [4.69, 9.17) is 0 Å². The Morgan fingerprint density at radius 3 is 2.64 bits per heavy atom. The molecule has 25 heavy (non-hydrogen) atoms. The minimum atomic E-state index is -0.511. The normalized spacial score (nSPS) is 18.6. The molecule has 2 aliphatic rings. The molecule has 1 aromatic heterocycles. The van der Waals surface area contributed by atoms with Crippen LogP contribution in [0.1, 0.15) is 12.0 Å². The smallest absolute Gasteiger partial charge is 0.307 e. The second kappa shape index (κ2) is 5.96. The summed E-state index contributed by atoms with van der Waals surface area (Å²) < 4.78 is 1.33. The van der Waals surface area contributed by atoms with Crippen molar-refractivity contribution in [2.45, 2.75) is 25.0 Å². The summed E-state index contributed by atoms with van der Waals surface area (Å²) in [5.74, 6) is -0.0461. The number of aromatic nitrogens is 2. The Morgan fingerprint density at radius 2 is 2.04 bits per heavy atom. The Balaban J connectivity index is 1.31. The largest absolute Gasteiger partial charge is 0.337 e. The lowest BCUT2D eigenvalue weighted by molar-refractivity contribution is -0.385. The van der Waals surface area contributed by atoms with Crippen LogP contribution in [-0.4, -0.2) is 55.6 Å². The van der Waals surface area contributed by atoms with Crippen LogP contribution in [0.15, 0.2) is 42.7 Å².